The first-order valence-corrected chi connectivity index (χ1v) is 10.9. The lowest BCUT2D eigenvalue weighted by atomic mass is 10.2. The van der Waals surface area contributed by atoms with Crippen LogP contribution in [0, 0.1) is 11.6 Å². The van der Waals surface area contributed by atoms with E-state index < -0.39 is 21.8 Å². The third kappa shape index (κ3) is 3.94. The number of hydrogen-bond donors (Lipinski definition) is 1. The number of para-hydroxylation sites is 2. The predicted molar refractivity (Wildman–Crippen MR) is 108 cm³/mol. The van der Waals surface area contributed by atoms with Gasteiger partial charge in [-0.1, -0.05) is 12.1 Å². The number of rotatable bonds is 8. The van der Waals surface area contributed by atoms with E-state index in [1.54, 1.807) is 31.4 Å². The summed E-state index contributed by atoms with van der Waals surface area (Å²) < 4.78 is 62.0. The van der Waals surface area contributed by atoms with Gasteiger partial charge in [0.15, 0.2) is 5.82 Å². The second-order valence-corrected chi connectivity index (χ2v) is 8.96. The van der Waals surface area contributed by atoms with Crippen molar-refractivity contribution >= 4 is 27.3 Å². The molecule has 0 amide bonds. The predicted octanol–water partition coefficient (Wildman–Crippen LogP) is 3.32. The minimum absolute atomic E-state index is 0.144. The molecule has 0 spiro atoms. The maximum atomic E-state index is 14.4. The van der Waals surface area contributed by atoms with Crippen molar-refractivity contribution in [1.29, 1.82) is 0 Å². The molecule has 1 atom stereocenters. The van der Waals surface area contributed by atoms with Crippen LogP contribution in [0.25, 0.3) is 0 Å². The van der Waals surface area contributed by atoms with E-state index in [-0.39, 0.29) is 18.3 Å². The summed E-state index contributed by atoms with van der Waals surface area (Å²) in [5.41, 5.74) is 0.587. The number of ether oxygens (including phenoxy) is 1. The van der Waals surface area contributed by atoms with Crippen LogP contribution < -0.4 is 13.9 Å². The molecule has 2 aromatic carbocycles. The van der Waals surface area contributed by atoms with Gasteiger partial charge in [0.2, 0.25) is 0 Å². The Bertz CT molecular complexity index is 998. The normalized spacial score (nSPS) is 18.7. The van der Waals surface area contributed by atoms with Crippen LogP contribution in [0.3, 0.4) is 0 Å². The summed E-state index contributed by atoms with van der Waals surface area (Å²) >= 11 is 0. The van der Waals surface area contributed by atoms with Crippen LogP contribution in [-0.4, -0.2) is 40.8 Å². The van der Waals surface area contributed by atoms with Gasteiger partial charge in [0, 0.05) is 32.3 Å². The number of hydrogen-bond acceptors (Lipinski definition) is 4. The number of nitrogens with one attached hydrogen (secondary N) is 1. The van der Waals surface area contributed by atoms with Crippen molar-refractivity contribution in [3.8, 4) is 0 Å². The standard InChI is InChI=1S/C20H23F2N3O3S/c1-28-16(13-23-15-7-8-15)10-11-24-19-4-2-3-5-20(19)25(29(24,26)27)18-9-6-14(21)12-17(18)22/h2-6,9,12,15-16,23H,7-8,10-11,13H2,1H3/t16-/m0/s1. The van der Waals surface area contributed by atoms with Crippen LogP contribution in [0.2, 0.25) is 0 Å². The molecule has 1 heterocycles. The summed E-state index contributed by atoms with van der Waals surface area (Å²) in [6.07, 6.45) is 2.64. The molecule has 29 heavy (non-hydrogen) atoms. The lowest BCUT2D eigenvalue weighted by Crippen LogP contribution is -2.39. The summed E-state index contributed by atoms with van der Waals surface area (Å²) in [5.74, 6) is -1.70. The topological polar surface area (TPSA) is 61.9 Å². The van der Waals surface area contributed by atoms with E-state index in [0.717, 1.165) is 29.3 Å². The van der Waals surface area contributed by atoms with Gasteiger partial charge in [-0.3, -0.25) is 4.31 Å². The van der Waals surface area contributed by atoms with E-state index >= 15 is 0 Å². The number of fused-ring (bicyclic) bond motifs is 1. The zero-order valence-electron chi connectivity index (χ0n) is 16.0. The molecule has 0 unspecified atom stereocenters. The second kappa shape index (κ2) is 7.89. The van der Waals surface area contributed by atoms with Gasteiger partial charge in [0.25, 0.3) is 0 Å². The van der Waals surface area contributed by atoms with E-state index in [9.17, 15) is 17.2 Å². The summed E-state index contributed by atoms with van der Waals surface area (Å²) in [5, 5.41) is 3.38. The Kier molecular flexibility index (Phi) is 5.46. The molecule has 156 valence electrons. The van der Waals surface area contributed by atoms with Crippen LogP contribution in [0.5, 0.6) is 0 Å². The largest absolute Gasteiger partial charge is 0.380 e. The van der Waals surface area contributed by atoms with Gasteiger partial charge in [-0.15, -0.1) is 0 Å². The van der Waals surface area contributed by atoms with Gasteiger partial charge in [-0.2, -0.15) is 8.42 Å². The smallest absolute Gasteiger partial charge is 0.331 e. The highest BCUT2D eigenvalue weighted by atomic mass is 32.2. The fourth-order valence-corrected chi connectivity index (χ4v) is 5.22. The Balaban J connectivity index is 1.61. The Hall–Kier alpha value is -2.23. The average molecular weight is 423 g/mol. The molecule has 6 nitrogen and oxygen atoms in total. The van der Waals surface area contributed by atoms with E-state index in [1.165, 1.54) is 4.31 Å². The van der Waals surface area contributed by atoms with Gasteiger partial charge < -0.3 is 10.1 Å². The first-order valence-electron chi connectivity index (χ1n) is 9.55. The van der Waals surface area contributed by atoms with Crippen LogP contribution >= 0.6 is 0 Å². The molecule has 1 saturated carbocycles. The minimum Gasteiger partial charge on any atom is -0.380 e. The highest BCUT2D eigenvalue weighted by molar-refractivity contribution is 7.95. The highest BCUT2D eigenvalue weighted by Gasteiger charge is 2.42. The number of halogens is 2. The van der Waals surface area contributed by atoms with Crippen molar-refractivity contribution in [3.05, 3.63) is 54.1 Å². The average Bonchev–Trinajstić information content (AvgIpc) is 3.48. The van der Waals surface area contributed by atoms with Gasteiger partial charge in [0.1, 0.15) is 5.82 Å². The Morgan fingerprint density at radius 1 is 1.14 bits per heavy atom. The van der Waals surface area contributed by atoms with Crippen molar-refractivity contribution in [3.63, 3.8) is 0 Å². The lowest BCUT2D eigenvalue weighted by Gasteiger charge is -2.24. The molecule has 1 N–H and O–H groups in total. The molecule has 2 aliphatic rings. The second-order valence-electron chi connectivity index (χ2n) is 7.26. The zero-order chi connectivity index (χ0) is 20.6. The number of nitrogens with zero attached hydrogens (tertiary/aromatic N) is 2. The first kappa shape index (κ1) is 20.1. The van der Waals surface area contributed by atoms with Crippen molar-refractivity contribution < 1.29 is 21.9 Å². The molecule has 9 heteroatoms. The minimum atomic E-state index is -4.07. The lowest BCUT2D eigenvalue weighted by molar-refractivity contribution is 0.0964. The molecule has 0 bridgehead atoms. The van der Waals surface area contributed by atoms with Crippen LogP contribution in [0.15, 0.2) is 42.5 Å². The maximum absolute atomic E-state index is 14.4. The maximum Gasteiger partial charge on any atom is 0.331 e. The first-order chi connectivity index (χ1) is 13.9. The molecule has 1 aliphatic heterocycles. The summed E-state index contributed by atoms with van der Waals surface area (Å²) in [6.45, 7) is 0.830. The number of methoxy groups -OCH3 is 1. The van der Waals surface area contributed by atoms with Crippen molar-refractivity contribution in [2.45, 2.75) is 31.4 Å². The van der Waals surface area contributed by atoms with Crippen LogP contribution in [0.4, 0.5) is 25.8 Å². The number of anilines is 3. The van der Waals surface area contributed by atoms with Gasteiger partial charge in [-0.05, 0) is 43.5 Å². The Labute approximate surface area is 169 Å². The molecule has 1 aliphatic carbocycles. The molecule has 0 saturated heterocycles. The fourth-order valence-electron chi connectivity index (χ4n) is 3.48. The summed E-state index contributed by atoms with van der Waals surface area (Å²) in [6, 6.07) is 10.1. The molecule has 4 rings (SSSR count). The molecule has 0 aromatic heterocycles. The van der Waals surface area contributed by atoms with Crippen LogP contribution in [0.1, 0.15) is 19.3 Å². The van der Waals surface area contributed by atoms with E-state index in [1.807, 2.05) is 0 Å². The van der Waals surface area contributed by atoms with E-state index in [2.05, 4.69) is 5.32 Å². The van der Waals surface area contributed by atoms with E-state index in [0.29, 0.717) is 36.4 Å². The Morgan fingerprint density at radius 3 is 2.52 bits per heavy atom. The molecule has 2 aromatic rings. The third-order valence-electron chi connectivity index (χ3n) is 5.21. The zero-order valence-corrected chi connectivity index (χ0v) is 16.8. The van der Waals surface area contributed by atoms with Gasteiger partial charge in [0.05, 0.1) is 23.2 Å². The van der Waals surface area contributed by atoms with Crippen molar-refractivity contribution in [2.24, 2.45) is 0 Å². The van der Waals surface area contributed by atoms with Crippen LogP contribution in [-0.2, 0) is 14.9 Å². The van der Waals surface area contributed by atoms with Gasteiger partial charge in [-0.25, -0.2) is 13.1 Å². The fraction of sp³-hybridized carbons (Fsp3) is 0.400. The monoisotopic (exact) mass is 423 g/mol. The molecule has 0 radical (unpaired) electrons. The summed E-state index contributed by atoms with van der Waals surface area (Å²) in [4.78, 5) is 0. The van der Waals surface area contributed by atoms with Crippen molar-refractivity contribution in [1.82, 2.24) is 5.32 Å². The number of benzene rings is 2. The third-order valence-corrected chi connectivity index (χ3v) is 7.00. The van der Waals surface area contributed by atoms with Gasteiger partial charge >= 0.3 is 10.2 Å². The van der Waals surface area contributed by atoms with Crippen molar-refractivity contribution in [2.75, 3.05) is 28.8 Å². The Morgan fingerprint density at radius 2 is 1.86 bits per heavy atom. The molecular weight excluding hydrogens is 400 g/mol. The van der Waals surface area contributed by atoms with E-state index in [4.69, 9.17) is 4.74 Å². The molecular formula is C20H23F2N3O3S. The highest BCUT2D eigenvalue weighted by Crippen LogP contribution is 2.46. The SMILES string of the molecule is CO[C@@H](CCN1c2ccccc2N(c2ccc(F)cc2F)S1(=O)=O)CNC1CC1. The quantitative estimate of drug-likeness (QED) is 0.708. The summed E-state index contributed by atoms with van der Waals surface area (Å²) in [7, 11) is -2.47. The molecule has 1 fully saturated rings.